The van der Waals surface area contributed by atoms with Crippen LogP contribution in [0.1, 0.15) is 11.1 Å². The molecule has 0 fully saturated rings. The van der Waals surface area contributed by atoms with Crippen LogP contribution in [0.25, 0.3) is 0 Å². The van der Waals surface area contributed by atoms with Crippen molar-refractivity contribution in [3.8, 4) is 0 Å². The average molecular weight is 276 g/mol. The summed E-state index contributed by atoms with van der Waals surface area (Å²) in [6.45, 7) is -0.141. The van der Waals surface area contributed by atoms with Crippen LogP contribution in [0.4, 0.5) is 5.69 Å². The number of nitrogens with one attached hydrogen (secondary N) is 1. The summed E-state index contributed by atoms with van der Waals surface area (Å²) < 4.78 is 0. The number of anilines is 1. The van der Waals surface area contributed by atoms with Gasteiger partial charge in [-0.15, -0.1) is 0 Å². The quantitative estimate of drug-likeness (QED) is 0.901. The Kier molecular flexibility index (Phi) is 4.55. The molecule has 0 spiro atoms. The molecule has 0 heterocycles. The first-order valence-electron chi connectivity index (χ1n) is 5.92. The Morgan fingerprint density at radius 2 is 1.89 bits per heavy atom. The molecule has 0 bridgehead atoms. The Hall–Kier alpha value is -1.84. The first-order chi connectivity index (χ1) is 9.19. The van der Waals surface area contributed by atoms with Crippen LogP contribution in [-0.2, 0) is 17.8 Å². The van der Waals surface area contributed by atoms with Gasteiger partial charge in [-0.3, -0.25) is 4.79 Å². The summed E-state index contributed by atoms with van der Waals surface area (Å²) >= 11 is 5.88. The minimum atomic E-state index is -0.141. The smallest absolute Gasteiger partial charge is 0.228 e. The van der Waals surface area contributed by atoms with E-state index in [4.69, 9.17) is 11.6 Å². The molecule has 3 nitrogen and oxygen atoms in total. The number of aliphatic hydroxyl groups is 1. The van der Waals surface area contributed by atoms with Gasteiger partial charge in [0.1, 0.15) is 0 Å². The molecular weight excluding hydrogens is 262 g/mol. The molecular formula is C15H14ClNO2. The Balaban J connectivity index is 2.09. The molecule has 4 heteroatoms. The number of rotatable bonds is 4. The van der Waals surface area contributed by atoms with Crippen molar-refractivity contribution in [3.05, 3.63) is 64.7 Å². The van der Waals surface area contributed by atoms with Crippen molar-refractivity contribution in [3.63, 3.8) is 0 Å². The molecule has 0 unspecified atom stereocenters. The number of halogens is 1. The van der Waals surface area contributed by atoms with Gasteiger partial charge in [-0.1, -0.05) is 48.0 Å². The molecule has 1 amide bonds. The van der Waals surface area contributed by atoms with Gasteiger partial charge in [-0.25, -0.2) is 0 Å². The van der Waals surface area contributed by atoms with Gasteiger partial charge < -0.3 is 10.4 Å². The van der Waals surface area contributed by atoms with Crippen LogP contribution >= 0.6 is 11.6 Å². The largest absolute Gasteiger partial charge is 0.392 e. The maximum absolute atomic E-state index is 11.9. The maximum atomic E-state index is 11.9. The van der Waals surface area contributed by atoms with Gasteiger partial charge in [-0.05, 0) is 17.7 Å². The molecule has 0 aromatic heterocycles. The van der Waals surface area contributed by atoms with Gasteiger partial charge >= 0.3 is 0 Å². The molecule has 0 saturated carbocycles. The summed E-state index contributed by atoms with van der Waals surface area (Å²) in [6.07, 6.45) is 0.290. The lowest BCUT2D eigenvalue weighted by molar-refractivity contribution is -0.115. The number of benzene rings is 2. The second-order valence-electron chi connectivity index (χ2n) is 4.17. The highest BCUT2D eigenvalue weighted by molar-refractivity contribution is 6.31. The third kappa shape index (κ3) is 3.81. The number of hydrogen-bond donors (Lipinski definition) is 2. The summed E-state index contributed by atoms with van der Waals surface area (Å²) in [7, 11) is 0. The van der Waals surface area contributed by atoms with Crippen LogP contribution in [0, 0.1) is 0 Å². The van der Waals surface area contributed by atoms with Crippen molar-refractivity contribution in [2.45, 2.75) is 13.0 Å². The maximum Gasteiger partial charge on any atom is 0.228 e. The van der Waals surface area contributed by atoms with Crippen molar-refractivity contribution in [2.24, 2.45) is 0 Å². The number of aliphatic hydroxyl groups excluding tert-OH is 1. The molecule has 98 valence electrons. The third-order valence-electron chi connectivity index (χ3n) is 2.72. The SMILES string of the molecule is O=C(Cc1ccccc1)Nc1cc(Cl)ccc1CO. The lowest BCUT2D eigenvalue weighted by Gasteiger charge is -2.10. The van der Waals surface area contributed by atoms with Gasteiger partial charge in [0, 0.05) is 16.3 Å². The number of hydrogen-bond acceptors (Lipinski definition) is 2. The van der Waals surface area contributed by atoms with E-state index in [0.29, 0.717) is 16.3 Å². The lowest BCUT2D eigenvalue weighted by Crippen LogP contribution is -2.15. The predicted octanol–water partition coefficient (Wildman–Crippen LogP) is 3.01. The zero-order chi connectivity index (χ0) is 13.7. The van der Waals surface area contributed by atoms with E-state index >= 15 is 0 Å². The highest BCUT2D eigenvalue weighted by atomic mass is 35.5. The van der Waals surface area contributed by atoms with Crippen molar-refractivity contribution in [1.29, 1.82) is 0 Å². The Morgan fingerprint density at radius 1 is 1.16 bits per heavy atom. The predicted molar refractivity (Wildman–Crippen MR) is 76.2 cm³/mol. The molecule has 0 radical (unpaired) electrons. The van der Waals surface area contributed by atoms with E-state index in [1.54, 1.807) is 18.2 Å². The Morgan fingerprint density at radius 3 is 2.58 bits per heavy atom. The molecule has 0 atom stereocenters. The van der Waals surface area contributed by atoms with Crippen LogP contribution in [0.15, 0.2) is 48.5 Å². The van der Waals surface area contributed by atoms with Crippen molar-refractivity contribution < 1.29 is 9.90 Å². The molecule has 2 rings (SSSR count). The normalized spacial score (nSPS) is 10.2. The highest BCUT2D eigenvalue weighted by Gasteiger charge is 2.08. The zero-order valence-corrected chi connectivity index (χ0v) is 11.0. The van der Waals surface area contributed by atoms with E-state index in [2.05, 4.69) is 5.32 Å². The first kappa shape index (κ1) is 13.6. The second-order valence-corrected chi connectivity index (χ2v) is 4.61. The number of carbonyl (C=O) groups excluding carboxylic acids is 1. The van der Waals surface area contributed by atoms with E-state index in [0.717, 1.165) is 5.56 Å². The standard InChI is InChI=1S/C15H14ClNO2/c16-13-7-6-12(10-18)14(9-13)17-15(19)8-11-4-2-1-3-5-11/h1-7,9,18H,8,10H2,(H,17,19). The number of carbonyl (C=O) groups is 1. The van der Waals surface area contributed by atoms with Crippen LogP contribution in [0.3, 0.4) is 0 Å². The molecule has 2 aromatic rings. The molecule has 0 aliphatic heterocycles. The van der Waals surface area contributed by atoms with Gasteiger partial charge in [0.05, 0.1) is 13.0 Å². The molecule has 2 aromatic carbocycles. The Bertz CT molecular complexity index is 570. The fourth-order valence-corrected chi connectivity index (χ4v) is 1.95. The molecule has 0 aliphatic carbocycles. The summed E-state index contributed by atoms with van der Waals surface area (Å²) in [4.78, 5) is 11.9. The number of amides is 1. The Labute approximate surface area is 116 Å². The average Bonchev–Trinajstić information content (AvgIpc) is 2.40. The molecule has 0 aliphatic rings. The van der Waals surface area contributed by atoms with Gasteiger partial charge in [0.2, 0.25) is 5.91 Å². The van der Waals surface area contributed by atoms with Gasteiger partial charge in [0.15, 0.2) is 0 Å². The van der Waals surface area contributed by atoms with Crippen LogP contribution in [0.2, 0.25) is 5.02 Å². The summed E-state index contributed by atoms with van der Waals surface area (Å²) in [5, 5.41) is 12.5. The van der Waals surface area contributed by atoms with Gasteiger partial charge in [0.25, 0.3) is 0 Å². The lowest BCUT2D eigenvalue weighted by atomic mass is 10.1. The molecule has 19 heavy (non-hydrogen) atoms. The second kappa shape index (κ2) is 6.36. The monoisotopic (exact) mass is 275 g/mol. The minimum absolute atomic E-state index is 0.136. The van der Waals surface area contributed by atoms with E-state index in [1.807, 2.05) is 30.3 Å². The summed E-state index contributed by atoms with van der Waals surface area (Å²) in [6, 6.07) is 14.5. The topological polar surface area (TPSA) is 49.3 Å². The molecule has 0 saturated heterocycles. The fourth-order valence-electron chi connectivity index (χ4n) is 1.78. The van der Waals surface area contributed by atoms with Crippen molar-refractivity contribution in [2.75, 3.05) is 5.32 Å². The van der Waals surface area contributed by atoms with E-state index < -0.39 is 0 Å². The van der Waals surface area contributed by atoms with Crippen LogP contribution < -0.4 is 5.32 Å². The summed E-state index contributed by atoms with van der Waals surface area (Å²) in [5.41, 5.74) is 2.13. The minimum Gasteiger partial charge on any atom is -0.392 e. The van der Waals surface area contributed by atoms with E-state index in [-0.39, 0.29) is 18.9 Å². The van der Waals surface area contributed by atoms with E-state index in [1.165, 1.54) is 0 Å². The zero-order valence-electron chi connectivity index (χ0n) is 10.3. The third-order valence-corrected chi connectivity index (χ3v) is 2.96. The highest BCUT2D eigenvalue weighted by Crippen LogP contribution is 2.21. The van der Waals surface area contributed by atoms with Crippen molar-refractivity contribution >= 4 is 23.2 Å². The molecule has 2 N–H and O–H groups in total. The van der Waals surface area contributed by atoms with Crippen LogP contribution in [0.5, 0.6) is 0 Å². The summed E-state index contributed by atoms with van der Waals surface area (Å²) in [5.74, 6) is -0.136. The van der Waals surface area contributed by atoms with Gasteiger partial charge in [-0.2, -0.15) is 0 Å². The first-order valence-corrected chi connectivity index (χ1v) is 6.30. The van der Waals surface area contributed by atoms with Crippen molar-refractivity contribution in [1.82, 2.24) is 0 Å². The van der Waals surface area contributed by atoms with E-state index in [9.17, 15) is 9.90 Å². The van der Waals surface area contributed by atoms with Crippen LogP contribution in [-0.4, -0.2) is 11.0 Å². The fraction of sp³-hybridized carbons (Fsp3) is 0.133.